The van der Waals surface area contributed by atoms with Gasteiger partial charge in [-0.15, -0.1) is 0 Å². The van der Waals surface area contributed by atoms with E-state index >= 15 is 0 Å². The molecular weight excluding hydrogens is 260 g/mol. The molecule has 0 unspecified atom stereocenters. The number of benzene rings is 2. The summed E-state index contributed by atoms with van der Waals surface area (Å²) in [6.07, 6.45) is 8.99. The molecule has 1 heterocycles. The van der Waals surface area contributed by atoms with Gasteiger partial charge in [0, 0.05) is 0 Å². The SMILES string of the molecule is O=c1c(/C=C/C=C/c2ccccc2)coc2ccccc12. The second kappa shape index (κ2) is 6.06. The molecule has 1 aromatic heterocycles. The maximum Gasteiger partial charge on any atom is 0.199 e. The van der Waals surface area contributed by atoms with E-state index in [0.717, 1.165) is 5.56 Å². The van der Waals surface area contributed by atoms with Crippen LogP contribution in [0.15, 0.2) is 82.2 Å². The molecule has 2 heteroatoms. The first-order valence-electron chi connectivity index (χ1n) is 6.75. The van der Waals surface area contributed by atoms with Crippen molar-refractivity contribution in [3.05, 3.63) is 94.4 Å². The molecule has 0 fully saturated rings. The minimum Gasteiger partial charge on any atom is -0.463 e. The fraction of sp³-hybridized carbons (Fsp3) is 0. The molecule has 0 aliphatic carbocycles. The Bertz CT molecular complexity index is 855. The predicted octanol–water partition coefficient (Wildman–Crippen LogP) is 4.52. The lowest BCUT2D eigenvalue weighted by molar-refractivity contribution is 0.601. The van der Waals surface area contributed by atoms with E-state index in [0.29, 0.717) is 16.5 Å². The molecule has 0 radical (unpaired) electrons. The molecule has 0 spiro atoms. The first-order valence-corrected chi connectivity index (χ1v) is 6.75. The highest BCUT2D eigenvalue weighted by molar-refractivity contribution is 5.78. The predicted molar refractivity (Wildman–Crippen MR) is 87.0 cm³/mol. The third-order valence-corrected chi connectivity index (χ3v) is 3.18. The van der Waals surface area contributed by atoms with Crippen LogP contribution in [0.5, 0.6) is 0 Å². The summed E-state index contributed by atoms with van der Waals surface area (Å²) >= 11 is 0. The highest BCUT2D eigenvalue weighted by Gasteiger charge is 2.02. The summed E-state index contributed by atoms with van der Waals surface area (Å²) in [6, 6.07) is 17.3. The van der Waals surface area contributed by atoms with Crippen molar-refractivity contribution in [2.24, 2.45) is 0 Å². The summed E-state index contributed by atoms with van der Waals surface area (Å²) in [6.45, 7) is 0. The fourth-order valence-corrected chi connectivity index (χ4v) is 2.10. The van der Waals surface area contributed by atoms with E-state index in [1.165, 1.54) is 6.26 Å². The number of hydrogen-bond donors (Lipinski definition) is 0. The summed E-state index contributed by atoms with van der Waals surface area (Å²) in [5, 5.41) is 0.603. The molecule has 0 amide bonds. The van der Waals surface area contributed by atoms with E-state index in [1.54, 1.807) is 18.2 Å². The fourth-order valence-electron chi connectivity index (χ4n) is 2.10. The Morgan fingerprint density at radius 2 is 1.52 bits per heavy atom. The van der Waals surface area contributed by atoms with Gasteiger partial charge in [0.05, 0.1) is 10.9 Å². The molecule has 2 aromatic carbocycles. The van der Waals surface area contributed by atoms with Crippen LogP contribution in [0.25, 0.3) is 23.1 Å². The van der Waals surface area contributed by atoms with Gasteiger partial charge in [0.1, 0.15) is 11.8 Å². The minimum absolute atomic E-state index is 0.0128. The summed E-state index contributed by atoms with van der Waals surface area (Å²) in [5.74, 6) is 0. The van der Waals surface area contributed by atoms with Crippen molar-refractivity contribution in [2.75, 3.05) is 0 Å². The maximum atomic E-state index is 12.3. The summed E-state index contributed by atoms with van der Waals surface area (Å²) in [5.41, 5.74) is 2.26. The van der Waals surface area contributed by atoms with Crippen LogP contribution in [0.3, 0.4) is 0 Å². The van der Waals surface area contributed by atoms with Crippen molar-refractivity contribution < 1.29 is 4.42 Å². The first-order chi connectivity index (χ1) is 10.3. The van der Waals surface area contributed by atoms with E-state index < -0.39 is 0 Å². The highest BCUT2D eigenvalue weighted by Crippen LogP contribution is 2.11. The average molecular weight is 274 g/mol. The quantitative estimate of drug-likeness (QED) is 0.657. The third-order valence-electron chi connectivity index (χ3n) is 3.18. The Morgan fingerprint density at radius 3 is 2.38 bits per heavy atom. The Morgan fingerprint density at radius 1 is 0.810 bits per heavy atom. The average Bonchev–Trinajstić information content (AvgIpc) is 2.55. The second-order valence-electron chi connectivity index (χ2n) is 4.65. The summed E-state index contributed by atoms with van der Waals surface area (Å²) in [7, 11) is 0. The van der Waals surface area contributed by atoms with Gasteiger partial charge in [-0.1, -0.05) is 60.7 Å². The first kappa shape index (κ1) is 13.1. The number of fused-ring (bicyclic) bond motifs is 1. The van der Waals surface area contributed by atoms with Gasteiger partial charge < -0.3 is 4.42 Å². The van der Waals surface area contributed by atoms with E-state index in [4.69, 9.17) is 4.42 Å². The third kappa shape index (κ3) is 3.00. The molecule has 2 nitrogen and oxygen atoms in total. The minimum atomic E-state index is -0.0128. The van der Waals surface area contributed by atoms with Crippen LogP contribution in [0, 0.1) is 0 Å². The van der Waals surface area contributed by atoms with Crippen molar-refractivity contribution in [1.29, 1.82) is 0 Å². The van der Waals surface area contributed by atoms with Crippen molar-refractivity contribution in [3.63, 3.8) is 0 Å². The van der Waals surface area contributed by atoms with Crippen LogP contribution < -0.4 is 5.43 Å². The molecule has 21 heavy (non-hydrogen) atoms. The van der Waals surface area contributed by atoms with E-state index in [1.807, 2.05) is 60.7 Å². The van der Waals surface area contributed by atoms with Gasteiger partial charge in [0.25, 0.3) is 0 Å². The molecule has 0 N–H and O–H groups in total. The van der Waals surface area contributed by atoms with Gasteiger partial charge in [-0.25, -0.2) is 0 Å². The van der Waals surface area contributed by atoms with E-state index in [2.05, 4.69) is 0 Å². The number of hydrogen-bond acceptors (Lipinski definition) is 2. The molecule has 0 atom stereocenters. The topological polar surface area (TPSA) is 30.2 Å². The van der Waals surface area contributed by atoms with Gasteiger partial charge in [0.2, 0.25) is 0 Å². The molecule has 0 aliphatic rings. The molecule has 3 aromatic rings. The van der Waals surface area contributed by atoms with Gasteiger partial charge in [-0.05, 0) is 23.8 Å². The highest BCUT2D eigenvalue weighted by atomic mass is 16.3. The van der Waals surface area contributed by atoms with Gasteiger partial charge >= 0.3 is 0 Å². The van der Waals surface area contributed by atoms with Gasteiger partial charge in [-0.3, -0.25) is 4.79 Å². The smallest absolute Gasteiger partial charge is 0.199 e. The van der Waals surface area contributed by atoms with Crippen LogP contribution in [0.1, 0.15) is 11.1 Å². The van der Waals surface area contributed by atoms with Gasteiger partial charge in [-0.2, -0.15) is 0 Å². The number of allylic oxidation sites excluding steroid dienone is 2. The van der Waals surface area contributed by atoms with Crippen molar-refractivity contribution in [3.8, 4) is 0 Å². The van der Waals surface area contributed by atoms with Crippen LogP contribution in [-0.2, 0) is 0 Å². The van der Waals surface area contributed by atoms with Crippen molar-refractivity contribution in [1.82, 2.24) is 0 Å². The molecule has 102 valence electrons. The zero-order chi connectivity index (χ0) is 14.5. The van der Waals surface area contributed by atoms with Gasteiger partial charge in [0.15, 0.2) is 5.43 Å². The van der Waals surface area contributed by atoms with Crippen LogP contribution in [0.2, 0.25) is 0 Å². The lowest BCUT2D eigenvalue weighted by Gasteiger charge is -1.97. The largest absolute Gasteiger partial charge is 0.463 e. The van der Waals surface area contributed by atoms with Crippen LogP contribution in [-0.4, -0.2) is 0 Å². The Hall–Kier alpha value is -2.87. The molecule has 0 saturated heterocycles. The number of rotatable bonds is 3. The zero-order valence-electron chi connectivity index (χ0n) is 11.4. The Labute approximate surface area is 122 Å². The maximum absolute atomic E-state index is 12.3. The summed E-state index contributed by atoms with van der Waals surface area (Å²) < 4.78 is 5.46. The second-order valence-corrected chi connectivity index (χ2v) is 4.65. The van der Waals surface area contributed by atoms with E-state index in [9.17, 15) is 4.79 Å². The van der Waals surface area contributed by atoms with Crippen LogP contribution >= 0.6 is 0 Å². The Balaban J connectivity index is 1.85. The normalized spacial score (nSPS) is 11.6. The monoisotopic (exact) mass is 274 g/mol. The lowest BCUT2D eigenvalue weighted by atomic mass is 10.1. The zero-order valence-corrected chi connectivity index (χ0v) is 11.4. The standard InChI is InChI=1S/C19H14O2/c20-19-16(14-21-18-13-7-6-12-17(18)19)11-5-4-10-15-8-2-1-3-9-15/h1-14H/b10-4+,11-5+. The van der Waals surface area contributed by atoms with Crippen LogP contribution in [0.4, 0.5) is 0 Å². The molecule has 0 aliphatic heterocycles. The lowest BCUT2D eigenvalue weighted by Crippen LogP contribution is -2.04. The Kier molecular flexibility index (Phi) is 3.79. The molecule has 0 bridgehead atoms. The van der Waals surface area contributed by atoms with Crippen molar-refractivity contribution >= 4 is 23.1 Å². The molecular formula is C19H14O2. The summed E-state index contributed by atoms with van der Waals surface area (Å²) in [4.78, 5) is 12.3. The number of para-hydroxylation sites is 1. The molecule has 0 saturated carbocycles. The van der Waals surface area contributed by atoms with E-state index in [-0.39, 0.29) is 5.43 Å². The van der Waals surface area contributed by atoms with Crippen molar-refractivity contribution in [2.45, 2.75) is 0 Å². The molecule has 3 rings (SSSR count).